The molecule has 0 aliphatic heterocycles. The summed E-state index contributed by atoms with van der Waals surface area (Å²) in [6, 6.07) is 3.99. The third kappa shape index (κ3) is 8.70. The first kappa shape index (κ1) is 21.0. The highest BCUT2D eigenvalue weighted by Crippen LogP contribution is 2.29. The molecule has 1 aliphatic rings. The van der Waals surface area contributed by atoms with Gasteiger partial charge in [0.25, 0.3) is 0 Å². The molecule has 0 amide bonds. The van der Waals surface area contributed by atoms with Gasteiger partial charge in [0.05, 0.1) is 6.61 Å². The lowest BCUT2D eigenvalue weighted by Gasteiger charge is -2.12. The average Bonchev–Trinajstić information content (AvgIpc) is 3.37. The maximum Gasteiger partial charge on any atom is 0.213 e. The van der Waals surface area contributed by atoms with Gasteiger partial charge in [0.2, 0.25) is 5.88 Å². The first-order chi connectivity index (χ1) is 11.2. The van der Waals surface area contributed by atoms with Crippen LogP contribution in [0.1, 0.15) is 45.1 Å². The Morgan fingerprint density at radius 3 is 2.71 bits per heavy atom. The quantitative estimate of drug-likeness (QED) is 0.264. The summed E-state index contributed by atoms with van der Waals surface area (Å²) >= 11 is 0. The van der Waals surface area contributed by atoms with Crippen LogP contribution in [-0.2, 0) is 6.54 Å². The van der Waals surface area contributed by atoms with Crippen molar-refractivity contribution in [1.29, 1.82) is 0 Å². The fourth-order valence-electron chi connectivity index (χ4n) is 2.21. The van der Waals surface area contributed by atoms with Crippen LogP contribution in [0.3, 0.4) is 0 Å². The van der Waals surface area contributed by atoms with Crippen LogP contribution >= 0.6 is 24.0 Å². The van der Waals surface area contributed by atoms with Gasteiger partial charge < -0.3 is 15.4 Å². The van der Waals surface area contributed by atoms with Crippen molar-refractivity contribution in [2.24, 2.45) is 16.8 Å². The summed E-state index contributed by atoms with van der Waals surface area (Å²) in [5.74, 6) is 3.06. The number of guanidine groups is 1. The second-order valence-electron chi connectivity index (χ2n) is 6.65. The summed E-state index contributed by atoms with van der Waals surface area (Å²) < 4.78 is 5.65. The monoisotopic (exact) mass is 446 g/mol. The number of nitrogens with zero attached hydrogens (tertiary/aromatic N) is 2. The Morgan fingerprint density at radius 2 is 2.12 bits per heavy atom. The molecule has 2 rings (SSSR count). The van der Waals surface area contributed by atoms with Gasteiger partial charge in [-0.3, -0.25) is 4.99 Å². The molecular formula is C18H31IN4O. The van der Waals surface area contributed by atoms with E-state index in [2.05, 4.69) is 34.5 Å². The minimum Gasteiger partial charge on any atom is -0.477 e. The highest BCUT2D eigenvalue weighted by atomic mass is 127. The van der Waals surface area contributed by atoms with Gasteiger partial charge in [-0.15, -0.1) is 24.0 Å². The maximum atomic E-state index is 5.65. The Kier molecular flexibility index (Phi) is 10.1. The first-order valence-corrected chi connectivity index (χ1v) is 8.69. The highest BCUT2D eigenvalue weighted by Gasteiger charge is 2.21. The molecule has 1 heterocycles. The highest BCUT2D eigenvalue weighted by molar-refractivity contribution is 14.0. The maximum absolute atomic E-state index is 5.65. The molecule has 0 atom stereocenters. The van der Waals surface area contributed by atoms with E-state index in [1.165, 1.54) is 19.3 Å². The van der Waals surface area contributed by atoms with E-state index in [0.717, 1.165) is 48.8 Å². The van der Waals surface area contributed by atoms with E-state index in [1.54, 1.807) is 7.05 Å². The molecule has 6 heteroatoms. The number of nitrogens with one attached hydrogen (secondary N) is 2. The SMILES string of the molecule is CN=C(NCCCC(C)C)NCc1ccc(OCC2CC2)nc1.I. The zero-order valence-corrected chi connectivity index (χ0v) is 17.4. The molecular weight excluding hydrogens is 415 g/mol. The summed E-state index contributed by atoms with van der Waals surface area (Å²) in [5.41, 5.74) is 1.12. The number of pyridine rings is 1. The standard InChI is InChI=1S/C18H30N4O.HI/c1-14(2)5-4-10-20-18(19-3)22-12-16-8-9-17(21-11-16)23-13-15-6-7-15;/h8-9,11,14-15H,4-7,10,12-13H2,1-3H3,(H2,19,20,22);1H. The van der Waals surface area contributed by atoms with E-state index < -0.39 is 0 Å². The fraction of sp³-hybridized carbons (Fsp3) is 0.667. The molecule has 1 fully saturated rings. The van der Waals surface area contributed by atoms with Gasteiger partial charge >= 0.3 is 0 Å². The summed E-state index contributed by atoms with van der Waals surface area (Å²) in [6.07, 6.45) is 6.85. The number of hydrogen-bond donors (Lipinski definition) is 2. The van der Waals surface area contributed by atoms with Crippen molar-refractivity contribution in [3.63, 3.8) is 0 Å². The van der Waals surface area contributed by atoms with Crippen LogP contribution in [0, 0.1) is 11.8 Å². The molecule has 1 saturated carbocycles. The summed E-state index contributed by atoms with van der Waals surface area (Å²) in [7, 11) is 1.80. The van der Waals surface area contributed by atoms with Crippen LogP contribution < -0.4 is 15.4 Å². The average molecular weight is 446 g/mol. The minimum atomic E-state index is 0. The van der Waals surface area contributed by atoms with E-state index in [4.69, 9.17) is 4.74 Å². The van der Waals surface area contributed by atoms with Crippen LogP contribution in [0.2, 0.25) is 0 Å². The van der Waals surface area contributed by atoms with Crippen molar-refractivity contribution in [3.05, 3.63) is 23.9 Å². The summed E-state index contributed by atoms with van der Waals surface area (Å²) in [6.45, 7) is 6.96. The van der Waals surface area contributed by atoms with Gasteiger partial charge in [-0.05, 0) is 43.1 Å². The number of aromatic nitrogens is 1. The summed E-state index contributed by atoms with van der Waals surface area (Å²) in [5, 5.41) is 6.65. The van der Waals surface area contributed by atoms with Crippen molar-refractivity contribution in [1.82, 2.24) is 15.6 Å². The van der Waals surface area contributed by atoms with E-state index in [0.29, 0.717) is 6.54 Å². The lowest BCUT2D eigenvalue weighted by molar-refractivity contribution is 0.288. The van der Waals surface area contributed by atoms with E-state index >= 15 is 0 Å². The lowest BCUT2D eigenvalue weighted by atomic mass is 10.1. The zero-order chi connectivity index (χ0) is 16.5. The molecule has 0 bridgehead atoms. The van der Waals surface area contributed by atoms with Crippen molar-refractivity contribution >= 4 is 29.9 Å². The topological polar surface area (TPSA) is 58.5 Å². The summed E-state index contributed by atoms with van der Waals surface area (Å²) in [4.78, 5) is 8.60. The molecule has 136 valence electrons. The molecule has 24 heavy (non-hydrogen) atoms. The van der Waals surface area contributed by atoms with Gasteiger partial charge in [0, 0.05) is 32.4 Å². The van der Waals surface area contributed by atoms with Gasteiger partial charge in [-0.1, -0.05) is 19.9 Å². The van der Waals surface area contributed by atoms with Crippen molar-refractivity contribution < 1.29 is 4.74 Å². The van der Waals surface area contributed by atoms with Crippen LogP contribution in [0.25, 0.3) is 0 Å². The third-order valence-corrected chi connectivity index (χ3v) is 3.90. The molecule has 0 saturated heterocycles. The number of rotatable bonds is 9. The molecule has 1 aliphatic carbocycles. The van der Waals surface area contributed by atoms with Gasteiger partial charge in [-0.25, -0.2) is 4.98 Å². The Labute approximate surface area is 163 Å². The molecule has 0 aromatic carbocycles. The normalized spacial score (nSPS) is 14.2. The predicted octanol–water partition coefficient (Wildman–Crippen LogP) is 3.59. The lowest BCUT2D eigenvalue weighted by Crippen LogP contribution is -2.37. The second-order valence-corrected chi connectivity index (χ2v) is 6.65. The largest absolute Gasteiger partial charge is 0.477 e. The Bertz CT molecular complexity index is 486. The number of hydrogen-bond acceptors (Lipinski definition) is 3. The van der Waals surface area contributed by atoms with Crippen LogP contribution in [-0.4, -0.2) is 31.1 Å². The minimum absolute atomic E-state index is 0. The number of ether oxygens (including phenoxy) is 1. The molecule has 0 unspecified atom stereocenters. The second kappa shape index (κ2) is 11.5. The molecule has 0 spiro atoms. The van der Waals surface area contributed by atoms with E-state index in [-0.39, 0.29) is 24.0 Å². The van der Waals surface area contributed by atoms with Crippen molar-refractivity contribution in [2.45, 2.75) is 46.1 Å². The van der Waals surface area contributed by atoms with Crippen LogP contribution in [0.5, 0.6) is 5.88 Å². The molecule has 1 aromatic heterocycles. The van der Waals surface area contributed by atoms with Crippen LogP contribution in [0.15, 0.2) is 23.3 Å². The van der Waals surface area contributed by atoms with E-state index in [9.17, 15) is 0 Å². The molecule has 2 N–H and O–H groups in total. The smallest absolute Gasteiger partial charge is 0.213 e. The third-order valence-electron chi connectivity index (χ3n) is 3.90. The van der Waals surface area contributed by atoms with Crippen LogP contribution in [0.4, 0.5) is 0 Å². The van der Waals surface area contributed by atoms with E-state index in [1.807, 2.05) is 18.3 Å². The van der Waals surface area contributed by atoms with Crippen molar-refractivity contribution in [2.75, 3.05) is 20.2 Å². The fourth-order valence-corrected chi connectivity index (χ4v) is 2.21. The zero-order valence-electron chi connectivity index (χ0n) is 15.0. The van der Waals surface area contributed by atoms with Crippen molar-refractivity contribution in [3.8, 4) is 5.88 Å². The van der Waals surface area contributed by atoms with Gasteiger partial charge in [0.15, 0.2) is 5.96 Å². The molecule has 0 radical (unpaired) electrons. The Balaban J connectivity index is 0.00000288. The Hall–Kier alpha value is -1.05. The van der Waals surface area contributed by atoms with Gasteiger partial charge in [-0.2, -0.15) is 0 Å². The van der Waals surface area contributed by atoms with Gasteiger partial charge in [0.1, 0.15) is 0 Å². The predicted molar refractivity (Wildman–Crippen MR) is 110 cm³/mol. The molecule has 5 nitrogen and oxygen atoms in total. The molecule has 1 aromatic rings. The first-order valence-electron chi connectivity index (χ1n) is 8.69. The Morgan fingerprint density at radius 1 is 1.33 bits per heavy atom. The number of aliphatic imine (C=N–C) groups is 1. The number of halogens is 1.